The first-order valence-corrected chi connectivity index (χ1v) is 12.3. The van der Waals surface area contributed by atoms with E-state index < -0.39 is 10.0 Å². The van der Waals surface area contributed by atoms with Crippen molar-refractivity contribution in [2.75, 3.05) is 18.0 Å². The summed E-state index contributed by atoms with van der Waals surface area (Å²) < 4.78 is 29.2. The summed E-state index contributed by atoms with van der Waals surface area (Å²) in [5.41, 5.74) is 1.79. The molecule has 5 nitrogen and oxygen atoms in total. The summed E-state index contributed by atoms with van der Waals surface area (Å²) in [5, 5.41) is 0. The van der Waals surface area contributed by atoms with Crippen LogP contribution >= 0.6 is 15.9 Å². The van der Waals surface area contributed by atoms with Gasteiger partial charge in [0.1, 0.15) is 0 Å². The molecule has 1 atom stereocenters. The Labute approximate surface area is 171 Å². The number of nitrogens with zero attached hydrogens (tertiary/aromatic N) is 1. The van der Waals surface area contributed by atoms with Gasteiger partial charge in [-0.15, -0.1) is 0 Å². The number of rotatable bonds is 9. The van der Waals surface area contributed by atoms with Crippen molar-refractivity contribution in [2.45, 2.75) is 63.7 Å². The van der Waals surface area contributed by atoms with E-state index in [0.29, 0.717) is 23.5 Å². The highest BCUT2D eigenvalue weighted by atomic mass is 79.9. The average Bonchev–Trinajstić information content (AvgIpc) is 3.41. The number of halogens is 1. The van der Waals surface area contributed by atoms with Gasteiger partial charge in [0.05, 0.1) is 4.90 Å². The smallest absolute Gasteiger partial charge is 0.241 e. The van der Waals surface area contributed by atoms with Gasteiger partial charge < -0.3 is 4.90 Å². The van der Waals surface area contributed by atoms with Crippen LogP contribution in [-0.4, -0.2) is 27.4 Å². The molecule has 0 radical (unpaired) electrons. The third kappa shape index (κ3) is 4.74. The summed E-state index contributed by atoms with van der Waals surface area (Å²) in [6, 6.07) is 3.53. The van der Waals surface area contributed by atoms with Gasteiger partial charge in [0.25, 0.3) is 0 Å². The monoisotopic (exact) mass is 456 g/mol. The van der Waals surface area contributed by atoms with Crippen LogP contribution in [0.2, 0.25) is 0 Å². The van der Waals surface area contributed by atoms with E-state index in [1.807, 2.05) is 6.07 Å². The van der Waals surface area contributed by atoms with Gasteiger partial charge in [-0.25, -0.2) is 13.1 Å². The highest BCUT2D eigenvalue weighted by Crippen LogP contribution is 2.39. The first-order valence-electron chi connectivity index (χ1n) is 10.0. The summed E-state index contributed by atoms with van der Waals surface area (Å²) in [6.07, 6.45) is 6.89. The van der Waals surface area contributed by atoms with Crippen molar-refractivity contribution in [2.24, 2.45) is 11.8 Å². The minimum absolute atomic E-state index is 0.127. The van der Waals surface area contributed by atoms with Crippen molar-refractivity contribution in [3.63, 3.8) is 0 Å². The van der Waals surface area contributed by atoms with E-state index in [2.05, 4.69) is 34.5 Å². The SMILES string of the molecule is CCCCC(CC)CNS(=O)(=O)c1cc2c(cc1Br)CCN2C(=O)C1CC1. The fraction of sp³-hybridized carbons (Fsp3) is 0.650. The van der Waals surface area contributed by atoms with Crippen LogP contribution < -0.4 is 9.62 Å². The fourth-order valence-electron chi connectivity index (χ4n) is 3.62. The van der Waals surface area contributed by atoms with Gasteiger partial charge in [0, 0.05) is 29.2 Å². The summed E-state index contributed by atoms with van der Waals surface area (Å²) in [4.78, 5) is 14.5. The van der Waals surface area contributed by atoms with Crippen molar-refractivity contribution in [1.29, 1.82) is 0 Å². The van der Waals surface area contributed by atoms with Crippen LogP contribution in [-0.2, 0) is 21.2 Å². The second-order valence-corrected chi connectivity index (χ2v) is 10.3. The van der Waals surface area contributed by atoms with Gasteiger partial charge >= 0.3 is 0 Å². The molecule has 1 aromatic rings. The Hall–Kier alpha value is -0.920. The molecule has 1 amide bonds. The highest BCUT2D eigenvalue weighted by Gasteiger charge is 2.37. The summed E-state index contributed by atoms with van der Waals surface area (Å²) in [6.45, 7) is 5.34. The minimum Gasteiger partial charge on any atom is -0.312 e. The molecule has 0 saturated heterocycles. The largest absolute Gasteiger partial charge is 0.312 e. The Balaban J connectivity index is 1.79. The molecule has 1 fully saturated rings. The number of carbonyl (C=O) groups is 1. The van der Waals surface area contributed by atoms with Crippen LogP contribution in [0.25, 0.3) is 0 Å². The molecule has 1 heterocycles. The molecular weight excluding hydrogens is 428 g/mol. The number of nitrogens with one attached hydrogen (secondary N) is 1. The molecule has 1 aliphatic carbocycles. The summed E-state index contributed by atoms with van der Waals surface area (Å²) in [5.74, 6) is 0.612. The maximum atomic E-state index is 12.9. The van der Waals surface area contributed by atoms with E-state index in [9.17, 15) is 13.2 Å². The third-order valence-electron chi connectivity index (χ3n) is 5.62. The van der Waals surface area contributed by atoms with Crippen LogP contribution in [0.15, 0.2) is 21.5 Å². The Kier molecular flexibility index (Phi) is 6.64. The van der Waals surface area contributed by atoms with Crippen LogP contribution in [0.1, 0.15) is 57.9 Å². The van der Waals surface area contributed by atoms with Crippen LogP contribution in [0.5, 0.6) is 0 Å². The van der Waals surface area contributed by atoms with Gasteiger partial charge in [-0.3, -0.25) is 4.79 Å². The maximum Gasteiger partial charge on any atom is 0.241 e. The lowest BCUT2D eigenvalue weighted by molar-refractivity contribution is -0.119. The number of fused-ring (bicyclic) bond motifs is 1. The first-order chi connectivity index (χ1) is 12.9. The van der Waals surface area contributed by atoms with Gasteiger partial charge in [-0.1, -0.05) is 33.1 Å². The number of hydrogen-bond acceptors (Lipinski definition) is 3. The topological polar surface area (TPSA) is 66.5 Å². The van der Waals surface area contributed by atoms with E-state index in [-0.39, 0.29) is 16.7 Å². The lowest BCUT2D eigenvalue weighted by atomic mass is 10.00. The second kappa shape index (κ2) is 8.62. The maximum absolute atomic E-state index is 12.9. The number of carbonyl (C=O) groups excluding carboxylic acids is 1. The Bertz CT molecular complexity index is 806. The lowest BCUT2D eigenvalue weighted by Gasteiger charge is -2.19. The Morgan fingerprint density at radius 2 is 2.07 bits per heavy atom. The lowest BCUT2D eigenvalue weighted by Crippen LogP contribution is -2.31. The molecule has 7 heteroatoms. The van der Waals surface area contributed by atoms with E-state index >= 15 is 0 Å². The second-order valence-electron chi connectivity index (χ2n) is 7.69. The first kappa shape index (κ1) is 20.8. The number of sulfonamides is 1. The number of anilines is 1. The Morgan fingerprint density at radius 3 is 2.70 bits per heavy atom. The van der Waals surface area contributed by atoms with Crippen molar-refractivity contribution in [1.82, 2.24) is 4.72 Å². The summed E-state index contributed by atoms with van der Waals surface area (Å²) >= 11 is 3.43. The summed E-state index contributed by atoms with van der Waals surface area (Å²) in [7, 11) is -3.63. The van der Waals surface area contributed by atoms with Crippen LogP contribution in [0.4, 0.5) is 5.69 Å². The van der Waals surface area contributed by atoms with E-state index in [0.717, 1.165) is 56.2 Å². The zero-order valence-corrected chi connectivity index (χ0v) is 18.5. The molecule has 27 heavy (non-hydrogen) atoms. The zero-order chi connectivity index (χ0) is 19.6. The molecule has 0 spiro atoms. The van der Waals surface area contributed by atoms with Crippen molar-refractivity contribution < 1.29 is 13.2 Å². The average molecular weight is 457 g/mol. The molecule has 1 unspecified atom stereocenters. The molecule has 0 bridgehead atoms. The molecule has 1 N–H and O–H groups in total. The predicted octanol–water partition coefficient (Wildman–Crippen LogP) is 4.24. The number of hydrogen-bond donors (Lipinski definition) is 1. The van der Waals surface area contributed by atoms with Crippen LogP contribution in [0, 0.1) is 11.8 Å². The molecule has 1 aromatic carbocycles. The van der Waals surface area contributed by atoms with E-state index in [4.69, 9.17) is 0 Å². The van der Waals surface area contributed by atoms with E-state index in [1.165, 1.54) is 0 Å². The molecule has 1 saturated carbocycles. The van der Waals surface area contributed by atoms with Crippen molar-refractivity contribution in [3.8, 4) is 0 Å². The normalized spacial score (nSPS) is 17.8. The fourth-order valence-corrected chi connectivity index (χ4v) is 5.85. The number of unbranched alkanes of at least 4 members (excludes halogenated alkanes) is 1. The molecule has 0 aromatic heterocycles. The van der Waals surface area contributed by atoms with Gasteiger partial charge in [0.15, 0.2) is 0 Å². The van der Waals surface area contributed by atoms with Gasteiger partial charge in [0.2, 0.25) is 15.9 Å². The van der Waals surface area contributed by atoms with Gasteiger partial charge in [-0.05, 0) is 65.2 Å². The van der Waals surface area contributed by atoms with Crippen molar-refractivity contribution >= 4 is 37.5 Å². The number of amides is 1. The molecule has 150 valence electrons. The quantitative estimate of drug-likeness (QED) is 0.603. The molecule has 3 rings (SSSR count). The highest BCUT2D eigenvalue weighted by molar-refractivity contribution is 9.10. The number of benzene rings is 1. The van der Waals surface area contributed by atoms with Gasteiger partial charge in [-0.2, -0.15) is 0 Å². The predicted molar refractivity (Wildman–Crippen MR) is 111 cm³/mol. The van der Waals surface area contributed by atoms with Crippen molar-refractivity contribution in [3.05, 3.63) is 22.2 Å². The minimum atomic E-state index is -3.63. The third-order valence-corrected chi connectivity index (χ3v) is 8.00. The standard InChI is InChI=1S/C20H29BrN2O3S/c1-3-5-6-14(4-2)13-22-27(25,26)19-12-18-16(11-17(19)21)9-10-23(18)20(24)15-7-8-15/h11-12,14-15,22H,3-10,13H2,1-2H3. The van der Waals surface area contributed by atoms with Crippen LogP contribution in [0.3, 0.4) is 0 Å². The molecule has 1 aliphatic heterocycles. The molecule has 2 aliphatic rings. The van der Waals surface area contributed by atoms with E-state index in [1.54, 1.807) is 11.0 Å². The zero-order valence-electron chi connectivity index (χ0n) is 16.1. The Morgan fingerprint density at radius 1 is 1.33 bits per heavy atom. The molecular formula is C20H29BrN2O3S.